The van der Waals surface area contributed by atoms with Crippen molar-refractivity contribution < 1.29 is 4.79 Å². The number of Topliss-reactive ketones (excluding diaryl/α,β-unsaturated/α-hetero) is 1. The number of hydrogen-bond acceptors (Lipinski definition) is 4. The fraction of sp³-hybridized carbons (Fsp3) is 0.273. The summed E-state index contributed by atoms with van der Waals surface area (Å²) < 4.78 is 1.98. The van der Waals surface area contributed by atoms with E-state index in [-0.39, 0.29) is 17.6 Å². The van der Waals surface area contributed by atoms with Crippen LogP contribution in [0.1, 0.15) is 47.7 Å². The first-order valence-corrected chi connectivity index (χ1v) is 10.2. The molecule has 1 aliphatic carbocycles. The first-order valence-electron chi connectivity index (χ1n) is 9.35. The molecule has 136 valence electrons. The molecule has 1 aliphatic heterocycles. The standard InChI is InChI=1S/C22H21N3OS/c1-13-20-14(2)24-25(16-7-4-3-5-8-16)22(20)23-17-11-15(12-18(26)21(13)17)19-9-6-10-27-19/h3-10,13,15,23H,11-12H2,1-2H3/t13-,15+/m1/s1. The highest BCUT2D eigenvalue weighted by atomic mass is 32.1. The van der Waals surface area contributed by atoms with Gasteiger partial charge in [0.2, 0.25) is 0 Å². The van der Waals surface area contributed by atoms with E-state index in [0.29, 0.717) is 6.42 Å². The van der Waals surface area contributed by atoms with E-state index in [1.54, 1.807) is 11.3 Å². The first-order chi connectivity index (χ1) is 13.1. The van der Waals surface area contributed by atoms with Crippen LogP contribution in [0.3, 0.4) is 0 Å². The molecule has 3 heterocycles. The molecule has 2 aliphatic rings. The quantitative estimate of drug-likeness (QED) is 0.672. The Morgan fingerprint density at radius 1 is 1.15 bits per heavy atom. The number of allylic oxidation sites excluding steroid dienone is 2. The number of nitrogens with one attached hydrogen (secondary N) is 1. The van der Waals surface area contributed by atoms with Crippen molar-refractivity contribution in [2.75, 3.05) is 5.32 Å². The lowest BCUT2D eigenvalue weighted by Crippen LogP contribution is -2.28. The summed E-state index contributed by atoms with van der Waals surface area (Å²) in [4.78, 5) is 14.3. The summed E-state index contributed by atoms with van der Waals surface area (Å²) in [5, 5.41) is 10.5. The SMILES string of the molecule is Cc1nn(-c2ccccc2)c2c1[C@@H](C)C1=C(C[C@H](c3cccs3)CC1=O)N2. The Morgan fingerprint density at radius 3 is 2.70 bits per heavy atom. The average Bonchev–Trinajstić information content (AvgIpc) is 3.30. The number of para-hydroxylation sites is 1. The minimum absolute atomic E-state index is 0.0745. The molecule has 1 aromatic carbocycles. The highest BCUT2D eigenvalue weighted by Crippen LogP contribution is 2.47. The minimum Gasteiger partial charge on any atom is -0.343 e. The Morgan fingerprint density at radius 2 is 1.96 bits per heavy atom. The number of aryl methyl sites for hydroxylation is 1. The van der Waals surface area contributed by atoms with Crippen molar-refractivity contribution in [3.8, 4) is 5.69 Å². The second-order valence-corrected chi connectivity index (χ2v) is 8.36. The van der Waals surface area contributed by atoms with Crippen LogP contribution in [0.2, 0.25) is 0 Å². The van der Waals surface area contributed by atoms with Gasteiger partial charge in [0.15, 0.2) is 5.78 Å². The van der Waals surface area contributed by atoms with Crippen molar-refractivity contribution in [2.24, 2.45) is 0 Å². The largest absolute Gasteiger partial charge is 0.343 e. The number of thiophene rings is 1. The van der Waals surface area contributed by atoms with Gasteiger partial charge in [-0.05, 0) is 36.9 Å². The number of hydrogen-bond donors (Lipinski definition) is 1. The molecule has 0 radical (unpaired) electrons. The van der Waals surface area contributed by atoms with Crippen molar-refractivity contribution in [1.29, 1.82) is 0 Å². The van der Waals surface area contributed by atoms with Gasteiger partial charge in [0.1, 0.15) is 5.82 Å². The summed E-state index contributed by atoms with van der Waals surface area (Å²) in [7, 11) is 0. The van der Waals surface area contributed by atoms with Crippen LogP contribution in [-0.2, 0) is 4.79 Å². The molecule has 27 heavy (non-hydrogen) atoms. The number of aromatic nitrogens is 2. The molecule has 0 spiro atoms. The topological polar surface area (TPSA) is 46.9 Å². The smallest absolute Gasteiger partial charge is 0.161 e. The number of rotatable bonds is 2. The zero-order chi connectivity index (χ0) is 18.5. The van der Waals surface area contributed by atoms with Gasteiger partial charge in [0, 0.05) is 40.0 Å². The van der Waals surface area contributed by atoms with Crippen molar-refractivity contribution >= 4 is 22.9 Å². The van der Waals surface area contributed by atoms with Crippen LogP contribution in [0.4, 0.5) is 5.82 Å². The van der Waals surface area contributed by atoms with E-state index in [1.807, 2.05) is 29.8 Å². The van der Waals surface area contributed by atoms with Crippen LogP contribution in [0.15, 0.2) is 59.1 Å². The summed E-state index contributed by atoms with van der Waals surface area (Å²) in [6.45, 7) is 4.17. The molecule has 2 aromatic heterocycles. The van der Waals surface area contributed by atoms with E-state index < -0.39 is 0 Å². The van der Waals surface area contributed by atoms with Gasteiger partial charge >= 0.3 is 0 Å². The van der Waals surface area contributed by atoms with Gasteiger partial charge in [-0.1, -0.05) is 31.2 Å². The second-order valence-electron chi connectivity index (χ2n) is 7.38. The monoisotopic (exact) mass is 375 g/mol. The van der Waals surface area contributed by atoms with E-state index in [9.17, 15) is 4.79 Å². The van der Waals surface area contributed by atoms with Crippen molar-refractivity contribution in [3.05, 3.63) is 75.2 Å². The Labute approximate surface area is 162 Å². The molecule has 5 heteroatoms. The van der Waals surface area contributed by atoms with Gasteiger partial charge < -0.3 is 5.32 Å². The molecular weight excluding hydrogens is 354 g/mol. The van der Waals surface area contributed by atoms with Crippen LogP contribution >= 0.6 is 11.3 Å². The lowest BCUT2D eigenvalue weighted by molar-refractivity contribution is -0.116. The predicted octanol–water partition coefficient (Wildman–Crippen LogP) is 5.17. The van der Waals surface area contributed by atoms with Gasteiger partial charge in [0.25, 0.3) is 0 Å². The van der Waals surface area contributed by atoms with Crippen LogP contribution in [0.5, 0.6) is 0 Å². The highest BCUT2D eigenvalue weighted by Gasteiger charge is 2.38. The first kappa shape index (κ1) is 16.5. The minimum atomic E-state index is 0.0745. The number of fused-ring (bicyclic) bond motifs is 1. The summed E-state index contributed by atoms with van der Waals surface area (Å²) in [6.07, 6.45) is 1.48. The molecule has 0 bridgehead atoms. The highest BCUT2D eigenvalue weighted by molar-refractivity contribution is 7.10. The van der Waals surface area contributed by atoms with E-state index >= 15 is 0 Å². The summed E-state index contributed by atoms with van der Waals surface area (Å²) in [5.41, 5.74) is 5.17. The van der Waals surface area contributed by atoms with E-state index in [4.69, 9.17) is 5.10 Å². The Balaban J connectivity index is 1.59. The Kier molecular flexibility index (Phi) is 3.79. The number of anilines is 1. The van der Waals surface area contributed by atoms with Crippen molar-refractivity contribution in [1.82, 2.24) is 9.78 Å². The molecule has 0 saturated carbocycles. The maximum atomic E-state index is 13.0. The summed E-state index contributed by atoms with van der Waals surface area (Å²) in [6, 6.07) is 14.4. The van der Waals surface area contributed by atoms with Gasteiger partial charge in [-0.2, -0.15) is 5.10 Å². The van der Waals surface area contributed by atoms with E-state index in [2.05, 4.69) is 41.9 Å². The normalized spacial score (nSPS) is 21.6. The second kappa shape index (κ2) is 6.20. The lowest BCUT2D eigenvalue weighted by Gasteiger charge is -2.33. The summed E-state index contributed by atoms with van der Waals surface area (Å²) in [5.74, 6) is 1.62. The van der Waals surface area contributed by atoms with Gasteiger partial charge in [-0.15, -0.1) is 11.3 Å². The van der Waals surface area contributed by atoms with Gasteiger partial charge in [-0.3, -0.25) is 4.79 Å². The van der Waals surface area contributed by atoms with E-state index in [1.165, 1.54) is 4.88 Å². The third-order valence-electron chi connectivity index (χ3n) is 5.70. The molecule has 1 N–H and O–H groups in total. The third-order valence-corrected chi connectivity index (χ3v) is 6.73. The fourth-order valence-corrected chi connectivity index (χ4v) is 5.33. The maximum absolute atomic E-state index is 13.0. The van der Waals surface area contributed by atoms with Crippen LogP contribution in [0, 0.1) is 6.92 Å². The molecule has 4 nitrogen and oxygen atoms in total. The fourth-order valence-electron chi connectivity index (χ4n) is 4.50. The Hall–Kier alpha value is -2.66. The van der Waals surface area contributed by atoms with Gasteiger partial charge in [0.05, 0.1) is 11.4 Å². The third kappa shape index (κ3) is 2.57. The molecule has 5 rings (SSSR count). The van der Waals surface area contributed by atoms with Crippen molar-refractivity contribution in [3.63, 3.8) is 0 Å². The molecule has 0 fully saturated rings. The van der Waals surface area contributed by atoms with Crippen LogP contribution in [-0.4, -0.2) is 15.6 Å². The van der Waals surface area contributed by atoms with Gasteiger partial charge in [-0.25, -0.2) is 4.68 Å². The number of carbonyl (C=O) groups is 1. The van der Waals surface area contributed by atoms with Crippen LogP contribution in [0.25, 0.3) is 5.69 Å². The number of nitrogens with zero attached hydrogens (tertiary/aromatic N) is 2. The van der Waals surface area contributed by atoms with E-state index in [0.717, 1.165) is 40.5 Å². The maximum Gasteiger partial charge on any atom is 0.161 e. The molecule has 2 atom stereocenters. The zero-order valence-electron chi connectivity index (χ0n) is 15.4. The summed E-state index contributed by atoms with van der Waals surface area (Å²) >= 11 is 1.74. The Bertz CT molecular complexity index is 1050. The average molecular weight is 375 g/mol. The zero-order valence-corrected chi connectivity index (χ0v) is 16.2. The number of benzene rings is 1. The number of ketones is 1. The molecule has 3 aromatic rings. The number of carbonyl (C=O) groups excluding carboxylic acids is 1. The molecule has 0 amide bonds. The predicted molar refractivity (Wildman–Crippen MR) is 109 cm³/mol. The van der Waals surface area contributed by atoms with Crippen LogP contribution < -0.4 is 5.32 Å². The molecular formula is C22H21N3OS. The van der Waals surface area contributed by atoms with Crippen molar-refractivity contribution in [2.45, 2.75) is 38.5 Å². The lowest BCUT2D eigenvalue weighted by atomic mass is 9.76. The molecule has 0 saturated heterocycles. The molecule has 0 unspecified atom stereocenters.